The zero-order valence-electron chi connectivity index (χ0n) is 7.96. The molecule has 0 amide bonds. The van der Waals surface area contributed by atoms with Crippen molar-refractivity contribution < 1.29 is 20.1 Å². The fourth-order valence-electron chi connectivity index (χ4n) is 1.06. The molecule has 1 aromatic rings. The molecule has 0 unspecified atom stereocenters. The summed E-state index contributed by atoms with van der Waals surface area (Å²) < 4.78 is 0. The van der Waals surface area contributed by atoms with Crippen LogP contribution >= 0.6 is 11.8 Å². The van der Waals surface area contributed by atoms with Gasteiger partial charge in [-0.15, -0.1) is 11.8 Å². The lowest BCUT2D eigenvalue weighted by Crippen LogP contribution is -2.14. The minimum absolute atomic E-state index is 0.185. The predicted molar refractivity (Wildman–Crippen MR) is 57.2 cm³/mol. The second-order valence-electron chi connectivity index (χ2n) is 2.91. The Bertz CT molecular complexity index is 336. The molecule has 0 atom stereocenters. The van der Waals surface area contributed by atoms with E-state index < -0.39 is 5.97 Å². The highest BCUT2D eigenvalue weighted by molar-refractivity contribution is 8.00. The number of thioether (sulfide) groups is 1. The first-order valence-electron chi connectivity index (χ1n) is 4.39. The summed E-state index contributed by atoms with van der Waals surface area (Å²) in [6.45, 7) is -0.371. The standard InChI is InChI=1S/C10H12O4S/c11-5-7(6-12)15-9-4-2-1-3-8(9)10(13)14/h1-4,7,11-12H,5-6H2,(H,13,14). The molecule has 0 aliphatic heterocycles. The lowest BCUT2D eigenvalue weighted by atomic mass is 10.2. The van der Waals surface area contributed by atoms with Crippen molar-refractivity contribution in [2.75, 3.05) is 13.2 Å². The molecule has 1 rings (SSSR count). The van der Waals surface area contributed by atoms with Crippen molar-refractivity contribution in [2.24, 2.45) is 0 Å². The highest BCUT2D eigenvalue weighted by atomic mass is 32.2. The van der Waals surface area contributed by atoms with E-state index in [1.165, 1.54) is 6.07 Å². The Hall–Kier alpha value is -1.04. The number of carboxylic acid groups (broad SMARTS) is 1. The molecule has 0 aliphatic rings. The van der Waals surface area contributed by atoms with E-state index in [0.717, 1.165) is 11.8 Å². The number of aliphatic hydroxyl groups is 2. The first kappa shape index (κ1) is 12.0. The van der Waals surface area contributed by atoms with E-state index in [1.807, 2.05) is 0 Å². The normalized spacial score (nSPS) is 10.6. The number of aromatic carboxylic acids is 1. The fraction of sp³-hybridized carbons (Fsp3) is 0.300. The minimum atomic E-state index is -1.01. The summed E-state index contributed by atoms with van der Waals surface area (Å²) in [7, 11) is 0. The number of carbonyl (C=O) groups is 1. The molecule has 15 heavy (non-hydrogen) atoms. The average molecular weight is 228 g/mol. The van der Waals surface area contributed by atoms with E-state index in [0.29, 0.717) is 4.90 Å². The Morgan fingerprint density at radius 2 is 1.87 bits per heavy atom. The van der Waals surface area contributed by atoms with E-state index in [2.05, 4.69) is 0 Å². The number of hydrogen-bond acceptors (Lipinski definition) is 4. The first-order valence-corrected chi connectivity index (χ1v) is 5.27. The molecule has 1 aromatic carbocycles. The Morgan fingerprint density at radius 1 is 1.27 bits per heavy atom. The van der Waals surface area contributed by atoms with Crippen molar-refractivity contribution in [3.63, 3.8) is 0 Å². The third-order valence-electron chi connectivity index (χ3n) is 1.82. The summed E-state index contributed by atoms with van der Waals surface area (Å²) in [5.41, 5.74) is 0.189. The molecular weight excluding hydrogens is 216 g/mol. The van der Waals surface area contributed by atoms with Crippen LogP contribution in [0.4, 0.5) is 0 Å². The second kappa shape index (κ2) is 5.75. The van der Waals surface area contributed by atoms with Gasteiger partial charge in [-0.25, -0.2) is 4.79 Å². The van der Waals surface area contributed by atoms with Gasteiger partial charge in [0, 0.05) is 4.90 Å². The van der Waals surface area contributed by atoms with Crippen LogP contribution in [0.3, 0.4) is 0 Å². The largest absolute Gasteiger partial charge is 0.478 e. The van der Waals surface area contributed by atoms with Crippen LogP contribution in [-0.4, -0.2) is 39.8 Å². The summed E-state index contributed by atoms with van der Waals surface area (Å²) in [6.07, 6.45) is 0. The van der Waals surface area contributed by atoms with E-state index in [9.17, 15) is 4.79 Å². The highest BCUT2D eigenvalue weighted by Crippen LogP contribution is 2.26. The number of aliphatic hydroxyl groups excluding tert-OH is 2. The number of rotatable bonds is 5. The molecule has 0 saturated heterocycles. The van der Waals surface area contributed by atoms with Gasteiger partial charge in [-0.05, 0) is 12.1 Å². The Labute approximate surface area is 91.6 Å². The summed E-state index contributed by atoms with van der Waals surface area (Å²) >= 11 is 1.16. The summed E-state index contributed by atoms with van der Waals surface area (Å²) in [5, 5.41) is 26.3. The van der Waals surface area contributed by atoms with Crippen LogP contribution in [0.25, 0.3) is 0 Å². The van der Waals surface area contributed by atoms with Crippen molar-refractivity contribution in [1.29, 1.82) is 0 Å². The van der Waals surface area contributed by atoms with Gasteiger partial charge in [0.2, 0.25) is 0 Å². The number of carboxylic acids is 1. The van der Waals surface area contributed by atoms with Gasteiger partial charge in [0.25, 0.3) is 0 Å². The van der Waals surface area contributed by atoms with Crippen LogP contribution < -0.4 is 0 Å². The molecule has 82 valence electrons. The summed E-state index contributed by atoms with van der Waals surface area (Å²) in [4.78, 5) is 11.4. The van der Waals surface area contributed by atoms with Crippen LogP contribution in [-0.2, 0) is 0 Å². The molecule has 0 aromatic heterocycles. The smallest absolute Gasteiger partial charge is 0.336 e. The van der Waals surface area contributed by atoms with Crippen molar-refractivity contribution in [3.05, 3.63) is 29.8 Å². The lowest BCUT2D eigenvalue weighted by Gasteiger charge is -2.11. The highest BCUT2D eigenvalue weighted by Gasteiger charge is 2.14. The topological polar surface area (TPSA) is 77.8 Å². The molecule has 3 N–H and O–H groups in total. The average Bonchev–Trinajstić information content (AvgIpc) is 2.26. The minimum Gasteiger partial charge on any atom is -0.478 e. The van der Waals surface area contributed by atoms with E-state index in [1.54, 1.807) is 18.2 Å². The molecule has 0 bridgehead atoms. The van der Waals surface area contributed by atoms with E-state index >= 15 is 0 Å². The quantitative estimate of drug-likeness (QED) is 0.651. The fourth-order valence-corrected chi connectivity index (χ4v) is 2.01. The molecule has 5 heteroatoms. The molecule has 0 heterocycles. The summed E-state index contributed by atoms with van der Waals surface area (Å²) in [5.74, 6) is -1.01. The van der Waals surface area contributed by atoms with Gasteiger partial charge >= 0.3 is 5.97 Å². The maximum atomic E-state index is 10.8. The third-order valence-corrected chi connectivity index (χ3v) is 3.06. The monoisotopic (exact) mass is 228 g/mol. The van der Waals surface area contributed by atoms with Crippen LogP contribution in [0.15, 0.2) is 29.2 Å². The van der Waals surface area contributed by atoms with Gasteiger partial charge < -0.3 is 15.3 Å². The zero-order valence-corrected chi connectivity index (χ0v) is 8.78. The third kappa shape index (κ3) is 3.23. The maximum absolute atomic E-state index is 10.8. The van der Waals surface area contributed by atoms with E-state index in [4.69, 9.17) is 15.3 Å². The zero-order chi connectivity index (χ0) is 11.3. The van der Waals surface area contributed by atoms with Crippen molar-refractivity contribution in [1.82, 2.24) is 0 Å². The van der Waals surface area contributed by atoms with Gasteiger partial charge in [-0.1, -0.05) is 12.1 Å². The van der Waals surface area contributed by atoms with Gasteiger partial charge in [-0.3, -0.25) is 0 Å². The second-order valence-corrected chi connectivity index (χ2v) is 4.25. The van der Waals surface area contributed by atoms with Gasteiger partial charge in [0.05, 0.1) is 24.0 Å². The Morgan fingerprint density at radius 3 is 2.40 bits per heavy atom. The van der Waals surface area contributed by atoms with Crippen LogP contribution in [0.5, 0.6) is 0 Å². The molecular formula is C10H12O4S. The van der Waals surface area contributed by atoms with E-state index in [-0.39, 0.29) is 24.0 Å². The van der Waals surface area contributed by atoms with Crippen molar-refractivity contribution >= 4 is 17.7 Å². The Kier molecular flexibility index (Phi) is 4.61. The van der Waals surface area contributed by atoms with Crippen LogP contribution in [0.2, 0.25) is 0 Å². The van der Waals surface area contributed by atoms with Crippen LogP contribution in [0, 0.1) is 0 Å². The van der Waals surface area contributed by atoms with Gasteiger partial charge in [0.1, 0.15) is 0 Å². The maximum Gasteiger partial charge on any atom is 0.336 e. The van der Waals surface area contributed by atoms with Crippen molar-refractivity contribution in [3.8, 4) is 0 Å². The molecule has 0 saturated carbocycles. The molecule has 4 nitrogen and oxygen atoms in total. The van der Waals surface area contributed by atoms with Gasteiger partial charge in [-0.2, -0.15) is 0 Å². The predicted octanol–water partition coefficient (Wildman–Crippen LogP) is 0.830. The van der Waals surface area contributed by atoms with Crippen molar-refractivity contribution in [2.45, 2.75) is 10.1 Å². The number of hydrogen-bond donors (Lipinski definition) is 3. The van der Waals surface area contributed by atoms with Gasteiger partial charge in [0.15, 0.2) is 0 Å². The molecule has 0 radical (unpaired) electrons. The number of benzene rings is 1. The SMILES string of the molecule is O=C(O)c1ccccc1SC(CO)CO. The molecule has 0 spiro atoms. The summed E-state index contributed by atoms with van der Waals surface area (Å²) in [6, 6.07) is 6.52. The first-order chi connectivity index (χ1) is 7.19. The van der Waals surface area contributed by atoms with Crippen LogP contribution in [0.1, 0.15) is 10.4 Å². The Balaban J connectivity index is 2.88. The lowest BCUT2D eigenvalue weighted by molar-refractivity contribution is 0.0693. The molecule has 0 fully saturated rings. The molecule has 0 aliphatic carbocycles.